The molecule has 2 aromatic rings. The maximum absolute atomic E-state index is 12.9. The lowest BCUT2D eigenvalue weighted by Crippen LogP contribution is -2.31. The topological polar surface area (TPSA) is 102 Å². The molecule has 29 heavy (non-hydrogen) atoms. The molecule has 0 spiro atoms. The SMILES string of the molecule is COc1ccc(OCC(=O)c2c(C)c(C#N)c(=O)n(C3CCCCC3)c2O)cc1. The summed E-state index contributed by atoms with van der Waals surface area (Å²) in [6.45, 7) is 1.18. The maximum atomic E-state index is 12.9. The first kappa shape index (κ1) is 20.5. The Kier molecular flexibility index (Phi) is 6.23. The Balaban J connectivity index is 1.93. The number of aromatic nitrogens is 1. The molecular formula is C22H24N2O5. The van der Waals surface area contributed by atoms with E-state index in [0.717, 1.165) is 32.1 Å². The predicted molar refractivity (Wildman–Crippen MR) is 107 cm³/mol. The summed E-state index contributed by atoms with van der Waals surface area (Å²) in [5, 5.41) is 20.3. The number of carbonyl (C=O) groups is 1. The minimum absolute atomic E-state index is 0.0276. The highest BCUT2D eigenvalue weighted by atomic mass is 16.5. The quantitative estimate of drug-likeness (QED) is 0.750. The molecular weight excluding hydrogens is 372 g/mol. The Hall–Kier alpha value is -3.27. The van der Waals surface area contributed by atoms with Crippen molar-refractivity contribution in [2.45, 2.75) is 45.1 Å². The molecule has 7 nitrogen and oxygen atoms in total. The zero-order valence-corrected chi connectivity index (χ0v) is 16.6. The number of Topliss-reactive ketones (excluding diaryl/α,β-unsaturated/α-hetero) is 1. The Morgan fingerprint density at radius 2 is 1.83 bits per heavy atom. The van der Waals surface area contributed by atoms with Crippen molar-refractivity contribution in [2.75, 3.05) is 13.7 Å². The van der Waals surface area contributed by atoms with Gasteiger partial charge in [-0.3, -0.25) is 14.2 Å². The third-order valence-electron chi connectivity index (χ3n) is 5.39. The van der Waals surface area contributed by atoms with Crippen LogP contribution in [0.25, 0.3) is 0 Å². The summed E-state index contributed by atoms with van der Waals surface area (Å²) < 4.78 is 11.8. The molecule has 1 N–H and O–H groups in total. The second-order valence-corrected chi connectivity index (χ2v) is 7.16. The number of benzene rings is 1. The van der Waals surface area contributed by atoms with Gasteiger partial charge in [0.25, 0.3) is 5.56 Å². The molecule has 1 saturated carbocycles. The van der Waals surface area contributed by atoms with E-state index in [2.05, 4.69) is 0 Å². The summed E-state index contributed by atoms with van der Waals surface area (Å²) in [5.41, 5.74) is -0.492. The van der Waals surface area contributed by atoms with Crippen molar-refractivity contribution in [1.82, 2.24) is 4.57 Å². The zero-order valence-electron chi connectivity index (χ0n) is 16.6. The smallest absolute Gasteiger partial charge is 0.271 e. The van der Waals surface area contributed by atoms with Gasteiger partial charge < -0.3 is 14.6 Å². The van der Waals surface area contributed by atoms with Gasteiger partial charge in [0.05, 0.1) is 12.7 Å². The Morgan fingerprint density at radius 3 is 2.41 bits per heavy atom. The summed E-state index contributed by atoms with van der Waals surface area (Å²) in [4.78, 5) is 25.6. The van der Waals surface area contributed by atoms with E-state index >= 15 is 0 Å². The molecule has 1 heterocycles. The van der Waals surface area contributed by atoms with Gasteiger partial charge in [-0.2, -0.15) is 5.26 Å². The lowest BCUT2D eigenvalue weighted by Gasteiger charge is -2.26. The highest BCUT2D eigenvalue weighted by molar-refractivity contribution is 6.01. The predicted octanol–water partition coefficient (Wildman–Crippen LogP) is 3.51. The van der Waals surface area contributed by atoms with Crippen LogP contribution in [-0.2, 0) is 0 Å². The van der Waals surface area contributed by atoms with E-state index in [1.54, 1.807) is 31.4 Å². The number of methoxy groups -OCH3 is 1. The largest absolute Gasteiger partial charge is 0.497 e. The fraction of sp³-hybridized carbons (Fsp3) is 0.409. The van der Waals surface area contributed by atoms with E-state index in [0.29, 0.717) is 11.5 Å². The van der Waals surface area contributed by atoms with Gasteiger partial charge in [-0.05, 0) is 49.6 Å². The normalized spacial score (nSPS) is 14.2. The van der Waals surface area contributed by atoms with Crippen LogP contribution < -0.4 is 15.0 Å². The first-order valence-corrected chi connectivity index (χ1v) is 9.66. The van der Waals surface area contributed by atoms with E-state index in [-0.39, 0.29) is 35.2 Å². The number of hydrogen-bond donors (Lipinski definition) is 1. The summed E-state index contributed by atoms with van der Waals surface area (Å²) in [5.74, 6) is 0.270. The molecule has 0 amide bonds. The molecule has 0 aliphatic heterocycles. The van der Waals surface area contributed by atoms with Gasteiger partial charge >= 0.3 is 0 Å². The van der Waals surface area contributed by atoms with Gasteiger partial charge in [0.2, 0.25) is 11.7 Å². The molecule has 1 aliphatic carbocycles. The average Bonchev–Trinajstić information content (AvgIpc) is 2.73. The van der Waals surface area contributed by atoms with Crippen LogP contribution in [0.4, 0.5) is 0 Å². The highest BCUT2D eigenvalue weighted by Gasteiger charge is 2.28. The van der Waals surface area contributed by atoms with E-state index in [1.807, 2.05) is 6.07 Å². The highest BCUT2D eigenvalue weighted by Crippen LogP contribution is 2.33. The van der Waals surface area contributed by atoms with Gasteiger partial charge in [-0.15, -0.1) is 0 Å². The van der Waals surface area contributed by atoms with Crippen molar-refractivity contribution >= 4 is 5.78 Å². The van der Waals surface area contributed by atoms with Crippen LogP contribution in [0.2, 0.25) is 0 Å². The van der Waals surface area contributed by atoms with Crippen molar-refractivity contribution in [3.05, 3.63) is 51.3 Å². The van der Waals surface area contributed by atoms with Crippen LogP contribution >= 0.6 is 0 Å². The third kappa shape index (κ3) is 4.11. The Labute approximate surface area is 169 Å². The van der Waals surface area contributed by atoms with Crippen LogP contribution in [0.1, 0.15) is 59.6 Å². The fourth-order valence-corrected chi connectivity index (χ4v) is 3.83. The van der Waals surface area contributed by atoms with Crippen LogP contribution in [-0.4, -0.2) is 29.2 Å². The van der Waals surface area contributed by atoms with Crippen LogP contribution in [0.15, 0.2) is 29.1 Å². The monoisotopic (exact) mass is 396 g/mol. The minimum atomic E-state index is -0.540. The van der Waals surface area contributed by atoms with Crippen molar-refractivity contribution in [3.63, 3.8) is 0 Å². The summed E-state index contributed by atoms with van der Waals surface area (Å²) in [6, 6.07) is 8.44. The second-order valence-electron chi connectivity index (χ2n) is 7.16. The third-order valence-corrected chi connectivity index (χ3v) is 5.39. The molecule has 0 radical (unpaired) electrons. The number of nitriles is 1. The maximum Gasteiger partial charge on any atom is 0.271 e. The van der Waals surface area contributed by atoms with Crippen molar-refractivity contribution in [1.29, 1.82) is 5.26 Å². The molecule has 0 saturated heterocycles. The van der Waals surface area contributed by atoms with Gasteiger partial charge in [0, 0.05) is 6.04 Å². The summed E-state index contributed by atoms with van der Waals surface area (Å²) in [7, 11) is 1.55. The number of hydrogen-bond acceptors (Lipinski definition) is 6. The lowest BCUT2D eigenvalue weighted by molar-refractivity contribution is 0.0915. The van der Waals surface area contributed by atoms with Crippen molar-refractivity contribution in [3.8, 4) is 23.4 Å². The van der Waals surface area contributed by atoms with E-state index in [9.17, 15) is 20.0 Å². The first-order valence-electron chi connectivity index (χ1n) is 9.66. The Morgan fingerprint density at radius 1 is 1.21 bits per heavy atom. The number of pyridine rings is 1. The average molecular weight is 396 g/mol. The first-order chi connectivity index (χ1) is 14.0. The van der Waals surface area contributed by atoms with Gasteiger partial charge in [-0.1, -0.05) is 19.3 Å². The summed E-state index contributed by atoms with van der Waals surface area (Å²) >= 11 is 0. The van der Waals surface area contributed by atoms with Gasteiger partial charge in [0.1, 0.15) is 23.1 Å². The van der Waals surface area contributed by atoms with E-state index in [1.165, 1.54) is 11.5 Å². The number of ether oxygens (including phenoxy) is 2. The van der Waals surface area contributed by atoms with E-state index < -0.39 is 11.3 Å². The molecule has 7 heteroatoms. The van der Waals surface area contributed by atoms with Crippen molar-refractivity contribution < 1.29 is 19.4 Å². The number of nitrogens with zero attached hydrogens (tertiary/aromatic N) is 2. The van der Waals surface area contributed by atoms with Crippen molar-refractivity contribution in [2.24, 2.45) is 0 Å². The molecule has 0 bridgehead atoms. The lowest BCUT2D eigenvalue weighted by atomic mass is 9.93. The standard InChI is InChI=1S/C22H24N2O5/c1-14-18(12-23)21(26)24(15-6-4-3-5-7-15)22(27)20(14)19(25)13-29-17-10-8-16(28-2)9-11-17/h8-11,15,27H,3-7,13H2,1-2H3. The number of carbonyl (C=O) groups excluding carboxylic acids is 1. The molecule has 3 rings (SSSR count). The Bertz CT molecular complexity index is 996. The molecule has 1 aromatic heterocycles. The number of aromatic hydroxyl groups is 1. The van der Waals surface area contributed by atoms with Crippen LogP contribution in [0.3, 0.4) is 0 Å². The fourth-order valence-electron chi connectivity index (χ4n) is 3.83. The number of ketones is 1. The van der Waals surface area contributed by atoms with Crippen LogP contribution in [0.5, 0.6) is 17.4 Å². The molecule has 0 atom stereocenters. The minimum Gasteiger partial charge on any atom is -0.497 e. The number of rotatable bonds is 6. The van der Waals surface area contributed by atoms with E-state index in [4.69, 9.17) is 9.47 Å². The van der Waals surface area contributed by atoms with Gasteiger partial charge in [0.15, 0.2) is 6.61 Å². The molecule has 152 valence electrons. The molecule has 1 fully saturated rings. The molecule has 0 unspecified atom stereocenters. The molecule has 1 aromatic carbocycles. The summed E-state index contributed by atoms with van der Waals surface area (Å²) in [6.07, 6.45) is 4.42. The zero-order chi connectivity index (χ0) is 21.0. The molecule has 1 aliphatic rings. The van der Waals surface area contributed by atoms with Crippen LogP contribution in [0, 0.1) is 18.3 Å². The second kappa shape index (κ2) is 8.82. The van der Waals surface area contributed by atoms with Gasteiger partial charge in [-0.25, -0.2) is 0 Å².